The monoisotopic (exact) mass is 393 g/mol. The third-order valence-corrected chi connectivity index (χ3v) is 5.05. The molecular formula is C22H23N3O2S. The Morgan fingerprint density at radius 2 is 1.75 bits per heavy atom. The maximum absolute atomic E-state index is 12.8. The fourth-order valence-corrected chi connectivity index (χ4v) is 3.48. The number of thiophene rings is 1. The predicted octanol–water partition coefficient (Wildman–Crippen LogP) is 4.03. The summed E-state index contributed by atoms with van der Waals surface area (Å²) in [6.07, 6.45) is 0. The molecule has 2 amide bonds. The van der Waals surface area contributed by atoms with Crippen molar-refractivity contribution in [1.82, 2.24) is 10.2 Å². The normalized spacial score (nSPS) is 11.8. The van der Waals surface area contributed by atoms with Crippen LogP contribution in [0.15, 0.2) is 72.1 Å². The van der Waals surface area contributed by atoms with Crippen LogP contribution in [0.4, 0.5) is 5.69 Å². The number of rotatable bonds is 7. The van der Waals surface area contributed by atoms with Gasteiger partial charge in [-0.15, -0.1) is 11.3 Å². The Bertz CT molecular complexity index is 924. The summed E-state index contributed by atoms with van der Waals surface area (Å²) in [7, 11) is 3.95. The number of nitrogens with zero attached hydrogens (tertiary/aromatic N) is 1. The number of likely N-dealkylation sites (N-methyl/N-ethyl adjacent to an activating group) is 1. The Morgan fingerprint density at radius 3 is 2.43 bits per heavy atom. The molecule has 0 unspecified atom stereocenters. The van der Waals surface area contributed by atoms with Crippen molar-refractivity contribution < 1.29 is 9.59 Å². The fraction of sp³-hybridized carbons (Fsp3) is 0.182. The Balaban J connectivity index is 1.73. The van der Waals surface area contributed by atoms with Gasteiger partial charge in [0.15, 0.2) is 0 Å². The zero-order valence-electron chi connectivity index (χ0n) is 15.9. The Kier molecular flexibility index (Phi) is 6.57. The lowest BCUT2D eigenvalue weighted by Gasteiger charge is -2.23. The van der Waals surface area contributed by atoms with Gasteiger partial charge in [0.1, 0.15) is 0 Å². The summed E-state index contributed by atoms with van der Waals surface area (Å²) < 4.78 is 0. The van der Waals surface area contributed by atoms with Crippen molar-refractivity contribution in [3.63, 3.8) is 0 Å². The topological polar surface area (TPSA) is 61.4 Å². The maximum Gasteiger partial charge on any atom is 0.265 e. The van der Waals surface area contributed by atoms with Crippen molar-refractivity contribution in [2.45, 2.75) is 6.04 Å². The van der Waals surface area contributed by atoms with Crippen LogP contribution in [0, 0.1) is 0 Å². The number of carbonyl (C=O) groups excluding carboxylic acids is 2. The largest absolute Gasteiger partial charge is 0.344 e. The molecule has 1 atom stereocenters. The third kappa shape index (κ3) is 5.28. The Morgan fingerprint density at radius 1 is 0.964 bits per heavy atom. The Labute approximate surface area is 169 Å². The van der Waals surface area contributed by atoms with Crippen molar-refractivity contribution in [3.8, 4) is 0 Å². The van der Waals surface area contributed by atoms with E-state index in [0.717, 1.165) is 5.56 Å². The van der Waals surface area contributed by atoms with E-state index >= 15 is 0 Å². The lowest BCUT2D eigenvalue weighted by atomic mass is 10.1. The lowest BCUT2D eigenvalue weighted by Crippen LogP contribution is -2.35. The minimum absolute atomic E-state index is 0.131. The molecule has 1 heterocycles. The van der Waals surface area contributed by atoms with Gasteiger partial charge in [0.05, 0.1) is 10.9 Å². The van der Waals surface area contributed by atoms with Crippen molar-refractivity contribution in [2.24, 2.45) is 0 Å². The van der Waals surface area contributed by atoms with E-state index in [4.69, 9.17) is 0 Å². The lowest BCUT2D eigenvalue weighted by molar-refractivity contribution is 0.0929. The first kappa shape index (κ1) is 19.8. The molecule has 6 heteroatoms. The molecule has 144 valence electrons. The predicted molar refractivity (Wildman–Crippen MR) is 114 cm³/mol. The second kappa shape index (κ2) is 9.30. The number of hydrogen-bond acceptors (Lipinski definition) is 4. The second-order valence-electron chi connectivity index (χ2n) is 6.71. The minimum atomic E-state index is -0.178. The smallest absolute Gasteiger partial charge is 0.265 e. The first-order chi connectivity index (χ1) is 13.5. The zero-order valence-corrected chi connectivity index (χ0v) is 16.7. The van der Waals surface area contributed by atoms with Crippen molar-refractivity contribution in [3.05, 3.63) is 88.1 Å². The molecule has 3 rings (SSSR count). The van der Waals surface area contributed by atoms with Crippen LogP contribution in [0.1, 0.15) is 31.6 Å². The van der Waals surface area contributed by atoms with Crippen molar-refractivity contribution >= 4 is 28.8 Å². The molecule has 2 aromatic carbocycles. The van der Waals surface area contributed by atoms with E-state index in [-0.39, 0.29) is 17.9 Å². The first-order valence-electron chi connectivity index (χ1n) is 8.98. The average Bonchev–Trinajstić information content (AvgIpc) is 3.23. The first-order valence-corrected chi connectivity index (χ1v) is 9.86. The maximum atomic E-state index is 12.8. The van der Waals surface area contributed by atoms with Gasteiger partial charge in [-0.2, -0.15) is 0 Å². The van der Waals surface area contributed by atoms with Gasteiger partial charge in [-0.25, -0.2) is 0 Å². The van der Waals surface area contributed by atoms with Gasteiger partial charge in [-0.1, -0.05) is 42.5 Å². The van der Waals surface area contributed by atoms with Gasteiger partial charge in [-0.3, -0.25) is 9.59 Å². The van der Waals surface area contributed by atoms with Crippen LogP contribution in [-0.2, 0) is 0 Å². The number of anilines is 1. The summed E-state index contributed by atoms with van der Waals surface area (Å²) >= 11 is 1.38. The van der Waals surface area contributed by atoms with E-state index in [1.807, 2.05) is 60.8 Å². The fourth-order valence-electron chi connectivity index (χ4n) is 2.87. The highest BCUT2D eigenvalue weighted by Gasteiger charge is 2.17. The van der Waals surface area contributed by atoms with E-state index in [1.54, 1.807) is 30.3 Å². The third-order valence-electron chi connectivity index (χ3n) is 4.18. The molecule has 5 nitrogen and oxygen atoms in total. The molecule has 0 aliphatic carbocycles. The van der Waals surface area contributed by atoms with E-state index in [9.17, 15) is 9.59 Å². The standard InChI is InChI=1S/C22H23N3O2S/c1-25(2)15-19(16-8-4-3-5-9-16)24-21(26)17-10-6-11-18(14-17)23-22(27)20-12-7-13-28-20/h3-14,19H,15H2,1-2H3,(H,23,27)(H,24,26)/t19-/m0/s1. The second-order valence-corrected chi connectivity index (χ2v) is 7.66. The highest BCUT2D eigenvalue weighted by Crippen LogP contribution is 2.17. The SMILES string of the molecule is CN(C)C[C@H](NC(=O)c1cccc(NC(=O)c2cccs2)c1)c1ccccc1. The molecule has 2 N–H and O–H groups in total. The van der Waals surface area contributed by atoms with E-state index in [2.05, 4.69) is 10.6 Å². The molecular weight excluding hydrogens is 370 g/mol. The molecule has 0 aliphatic heterocycles. The number of nitrogens with one attached hydrogen (secondary N) is 2. The van der Waals surface area contributed by atoms with Crippen LogP contribution in [0.25, 0.3) is 0 Å². The van der Waals surface area contributed by atoms with Crippen LogP contribution in [0.2, 0.25) is 0 Å². The molecule has 0 spiro atoms. The van der Waals surface area contributed by atoms with Gasteiger partial charge in [0.2, 0.25) is 0 Å². The van der Waals surface area contributed by atoms with E-state index < -0.39 is 0 Å². The quantitative estimate of drug-likeness (QED) is 0.637. The van der Waals surface area contributed by atoms with Gasteiger partial charge in [-0.05, 0) is 49.3 Å². The summed E-state index contributed by atoms with van der Waals surface area (Å²) in [6.45, 7) is 0.685. The molecule has 0 bridgehead atoms. The molecule has 28 heavy (non-hydrogen) atoms. The van der Waals surface area contributed by atoms with E-state index in [0.29, 0.717) is 22.7 Å². The van der Waals surface area contributed by atoms with E-state index in [1.165, 1.54) is 11.3 Å². The zero-order chi connectivity index (χ0) is 19.9. The summed E-state index contributed by atoms with van der Waals surface area (Å²) in [5.74, 6) is -0.356. The Hall–Kier alpha value is -2.96. The van der Waals surface area contributed by atoms with Gasteiger partial charge in [0.25, 0.3) is 11.8 Å². The van der Waals surface area contributed by atoms with Gasteiger partial charge >= 0.3 is 0 Å². The van der Waals surface area contributed by atoms with Crippen LogP contribution in [0.5, 0.6) is 0 Å². The summed E-state index contributed by atoms with van der Waals surface area (Å²) in [6, 6.07) is 20.3. The average molecular weight is 394 g/mol. The van der Waals surface area contributed by atoms with Gasteiger partial charge < -0.3 is 15.5 Å². The molecule has 0 radical (unpaired) electrons. The van der Waals surface area contributed by atoms with Crippen molar-refractivity contribution in [1.29, 1.82) is 0 Å². The van der Waals surface area contributed by atoms with Crippen LogP contribution >= 0.6 is 11.3 Å². The summed E-state index contributed by atoms with van der Waals surface area (Å²) in [4.78, 5) is 27.7. The highest BCUT2D eigenvalue weighted by atomic mass is 32.1. The highest BCUT2D eigenvalue weighted by molar-refractivity contribution is 7.12. The molecule has 3 aromatic rings. The number of benzene rings is 2. The number of amides is 2. The summed E-state index contributed by atoms with van der Waals surface area (Å²) in [5, 5.41) is 7.79. The van der Waals surface area contributed by atoms with Crippen LogP contribution in [-0.4, -0.2) is 37.4 Å². The summed E-state index contributed by atoms with van der Waals surface area (Å²) in [5.41, 5.74) is 2.14. The molecule has 1 aromatic heterocycles. The van der Waals surface area contributed by atoms with Crippen LogP contribution < -0.4 is 10.6 Å². The molecule has 0 aliphatic rings. The molecule has 0 saturated carbocycles. The van der Waals surface area contributed by atoms with Crippen molar-refractivity contribution in [2.75, 3.05) is 26.0 Å². The van der Waals surface area contributed by atoms with Crippen LogP contribution in [0.3, 0.4) is 0 Å². The number of hydrogen-bond donors (Lipinski definition) is 2. The minimum Gasteiger partial charge on any atom is -0.344 e. The van der Waals surface area contributed by atoms with Gasteiger partial charge in [0, 0.05) is 17.8 Å². The number of carbonyl (C=O) groups is 2. The molecule has 0 saturated heterocycles. The molecule has 0 fully saturated rings.